The number of aromatic nitrogens is 4. The predicted octanol–water partition coefficient (Wildman–Crippen LogP) is -0.379. The molecule has 0 spiro atoms. The summed E-state index contributed by atoms with van der Waals surface area (Å²) in [6.45, 7) is 5.32. The Bertz CT molecular complexity index is 933. The minimum Gasteiger partial charge on any atom is -0.366 e. The molecule has 2 aromatic heterocycles. The third kappa shape index (κ3) is 3.88. The summed E-state index contributed by atoms with van der Waals surface area (Å²) < 4.78 is 0. The molecule has 1 aliphatic rings. The van der Waals surface area contributed by atoms with Gasteiger partial charge in [-0.25, -0.2) is 14.8 Å². The maximum atomic E-state index is 12.6. The number of nitrogens with zero attached hydrogens (tertiary/aromatic N) is 3. The van der Waals surface area contributed by atoms with Gasteiger partial charge in [-0.3, -0.25) is 14.6 Å². The zero-order chi connectivity index (χ0) is 18.5. The van der Waals surface area contributed by atoms with Gasteiger partial charge in [0.1, 0.15) is 12.1 Å². The first-order valence-corrected chi connectivity index (χ1v) is 8.34. The summed E-state index contributed by atoms with van der Waals surface area (Å²) in [6, 6.07) is 0. The van der Waals surface area contributed by atoms with Gasteiger partial charge < -0.3 is 15.2 Å². The number of amides is 1. The highest BCUT2D eigenvalue weighted by Crippen LogP contribution is 2.20. The standard InChI is InChI=1S/C17H20N6O3/c1-2-5-18-15-12-3-6-23(7-4-13(12)20-10-21-15)14(24)8-11-9-19-17(26)22-16(11)25/h2,9-10H,1,3-8H2,(H,18,20,21)(H2,19,22,25,26). The van der Waals surface area contributed by atoms with Crippen LogP contribution in [0.15, 0.2) is 34.8 Å². The number of hydrogen-bond acceptors (Lipinski definition) is 6. The van der Waals surface area contributed by atoms with Crippen molar-refractivity contribution in [2.45, 2.75) is 19.3 Å². The Morgan fingerprint density at radius 3 is 2.88 bits per heavy atom. The SMILES string of the molecule is C=CCNc1ncnc2c1CCN(C(=O)Cc1c[nH]c(=O)[nH]c1=O)CC2. The van der Waals surface area contributed by atoms with Crippen LogP contribution in [-0.2, 0) is 24.1 Å². The van der Waals surface area contributed by atoms with Crippen LogP contribution in [0.3, 0.4) is 0 Å². The zero-order valence-electron chi connectivity index (χ0n) is 14.2. The highest BCUT2D eigenvalue weighted by atomic mass is 16.2. The van der Waals surface area contributed by atoms with Crippen molar-refractivity contribution in [3.8, 4) is 0 Å². The average molecular weight is 356 g/mol. The highest BCUT2D eigenvalue weighted by Gasteiger charge is 2.22. The second-order valence-corrected chi connectivity index (χ2v) is 5.97. The fourth-order valence-electron chi connectivity index (χ4n) is 2.94. The van der Waals surface area contributed by atoms with E-state index in [4.69, 9.17) is 0 Å². The van der Waals surface area contributed by atoms with Gasteiger partial charge in [0.2, 0.25) is 5.91 Å². The van der Waals surface area contributed by atoms with E-state index >= 15 is 0 Å². The summed E-state index contributed by atoms with van der Waals surface area (Å²) in [5, 5.41) is 3.20. The first-order chi connectivity index (χ1) is 12.6. The molecule has 3 N–H and O–H groups in total. The number of nitrogens with one attached hydrogen (secondary N) is 3. The lowest BCUT2D eigenvalue weighted by molar-refractivity contribution is -0.130. The number of carbonyl (C=O) groups is 1. The number of rotatable bonds is 5. The van der Waals surface area contributed by atoms with Crippen molar-refractivity contribution in [2.24, 2.45) is 0 Å². The molecule has 1 aliphatic heterocycles. The van der Waals surface area contributed by atoms with Gasteiger partial charge in [-0.2, -0.15) is 0 Å². The van der Waals surface area contributed by atoms with E-state index in [1.54, 1.807) is 11.0 Å². The minimum absolute atomic E-state index is 0.0598. The van der Waals surface area contributed by atoms with Crippen molar-refractivity contribution in [3.63, 3.8) is 0 Å². The Kier molecular flexibility index (Phi) is 5.26. The van der Waals surface area contributed by atoms with Crippen molar-refractivity contribution in [3.05, 3.63) is 62.8 Å². The normalized spacial score (nSPS) is 13.6. The van der Waals surface area contributed by atoms with Crippen LogP contribution < -0.4 is 16.6 Å². The van der Waals surface area contributed by atoms with Crippen LogP contribution in [-0.4, -0.2) is 50.4 Å². The number of fused-ring (bicyclic) bond motifs is 1. The van der Waals surface area contributed by atoms with Gasteiger partial charge in [-0.1, -0.05) is 6.08 Å². The van der Waals surface area contributed by atoms with Gasteiger partial charge in [0, 0.05) is 43.4 Å². The van der Waals surface area contributed by atoms with Gasteiger partial charge in [-0.15, -0.1) is 6.58 Å². The summed E-state index contributed by atoms with van der Waals surface area (Å²) >= 11 is 0. The lowest BCUT2D eigenvalue weighted by atomic mass is 10.1. The van der Waals surface area contributed by atoms with Crippen molar-refractivity contribution in [1.29, 1.82) is 0 Å². The van der Waals surface area contributed by atoms with Crippen LogP contribution in [0, 0.1) is 0 Å². The smallest absolute Gasteiger partial charge is 0.325 e. The average Bonchev–Trinajstić information content (AvgIpc) is 2.85. The van der Waals surface area contributed by atoms with E-state index in [0.717, 1.165) is 17.1 Å². The Labute approximate surface area is 149 Å². The first kappa shape index (κ1) is 17.6. The predicted molar refractivity (Wildman–Crippen MR) is 96.1 cm³/mol. The molecular formula is C17H20N6O3. The van der Waals surface area contributed by atoms with Crippen molar-refractivity contribution >= 4 is 11.7 Å². The molecule has 0 unspecified atom stereocenters. The molecule has 0 radical (unpaired) electrons. The summed E-state index contributed by atoms with van der Waals surface area (Å²) in [7, 11) is 0. The Hall–Kier alpha value is -3.23. The number of carbonyl (C=O) groups excluding carboxylic acids is 1. The van der Waals surface area contributed by atoms with Gasteiger partial charge in [0.25, 0.3) is 5.56 Å². The van der Waals surface area contributed by atoms with Gasteiger partial charge in [0.15, 0.2) is 0 Å². The van der Waals surface area contributed by atoms with E-state index < -0.39 is 11.2 Å². The van der Waals surface area contributed by atoms with E-state index in [-0.39, 0.29) is 17.9 Å². The van der Waals surface area contributed by atoms with E-state index in [0.29, 0.717) is 32.5 Å². The molecule has 0 aromatic carbocycles. The lowest BCUT2D eigenvalue weighted by Crippen LogP contribution is -2.36. The van der Waals surface area contributed by atoms with Crippen molar-refractivity contribution in [2.75, 3.05) is 25.0 Å². The fourth-order valence-corrected chi connectivity index (χ4v) is 2.94. The molecule has 9 nitrogen and oxygen atoms in total. The molecular weight excluding hydrogens is 336 g/mol. The van der Waals surface area contributed by atoms with Gasteiger partial charge >= 0.3 is 5.69 Å². The number of H-pyrrole nitrogens is 2. The third-order valence-electron chi connectivity index (χ3n) is 4.29. The van der Waals surface area contributed by atoms with Crippen LogP contribution in [0.2, 0.25) is 0 Å². The first-order valence-electron chi connectivity index (χ1n) is 8.34. The molecule has 1 amide bonds. The van der Waals surface area contributed by atoms with Crippen molar-refractivity contribution < 1.29 is 4.79 Å². The van der Waals surface area contributed by atoms with Crippen LogP contribution in [0.1, 0.15) is 16.8 Å². The third-order valence-corrected chi connectivity index (χ3v) is 4.29. The van der Waals surface area contributed by atoms with Gasteiger partial charge in [-0.05, 0) is 6.42 Å². The molecule has 0 aliphatic carbocycles. The summed E-state index contributed by atoms with van der Waals surface area (Å²) in [6.07, 6.45) is 5.74. The van der Waals surface area contributed by atoms with Crippen LogP contribution >= 0.6 is 0 Å². The fraction of sp³-hybridized carbons (Fsp3) is 0.353. The highest BCUT2D eigenvalue weighted by molar-refractivity contribution is 5.78. The molecule has 9 heteroatoms. The molecule has 0 saturated heterocycles. The molecule has 2 aromatic rings. The molecule has 0 fully saturated rings. The molecule has 3 heterocycles. The Morgan fingerprint density at radius 1 is 1.31 bits per heavy atom. The second kappa shape index (κ2) is 7.77. The van der Waals surface area contributed by atoms with E-state index in [1.807, 2.05) is 0 Å². The molecule has 3 rings (SSSR count). The van der Waals surface area contributed by atoms with Crippen LogP contribution in [0.4, 0.5) is 5.82 Å². The quantitative estimate of drug-likeness (QED) is 0.628. The monoisotopic (exact) mass is 356 g/mol. The molecule has 26 heavy (non-hydrogen) atoms. The van der Waals surface area contributed by atoms with Crippen molar-refractivity contribution in [1.82, 2.24) is 24.8 Å². The summed E-state index contributed by atoms with van der Waals surface area (Å²) in [5.41, 5.74) is 1.04. The number of hydrogen-bond donors (Lipinski definition) is 3. The Morgan fingerprint density at radius 2 is 2.12 bits per heavy atom. The van der Waals surface area contributed by atoms with E-state index in [2.05, 4.69) is 31.8 Å². The van der Waals surface area contributed by atoms with Crippen LogP contribution in [0.5, 0.6) is 0 Å². The molecule has 136 valence electrons. The molecule has 0 saturated carbocycles. The molecule has 0 bridgehead atoms. The molecule has 0 atom stereocenters. The largest absolute Gasteiger partial charge is 0.366 e. The van der Waals surface area contributed by atoms with E-state index in [9.17, 15) is 14.4 Å². The summed E-state index contributed by atoms with van der Waals surface area (Å²) in [4.78, 5) is 50.3. The van der Waals surface area contributed by atoms with E-state index in [1.165, 1.54) is 12.5 Å². The number of aromatic amines is 2. The number of anilines is 1. The van der Waals surface area contributed by atoms with Gasteiger partial charge in [0.05, 0.1) is 12.1 Å². The zero-order valence-corrected chi connectivity index (χ0v) is 14.2. The second-order valence-electron chi connectivity index (χ2n) is 5.97. The Balaban J connectivity index is 1.72. The maximum absolute atomic E-state index is 12.6. The lowest BCUT2D eigenvalue weighted by Gasteiger charge is -2.20. The van der Waals surface area contributed by atoms with Crippen LogP contribution in [0.25, 0.3) is 0 Å². The summed E-state index contributed by atoms with van der Waals surface area (Å²) in [5.74, 6) is 0.602. The minimum atomic E-state index is -0.588. The topological polar surface area (TPSA) is 124 Å². The maximum Gasteiger partial charge on any atom is 0.325 e.